The molecule has 0 bridgehead atoms. The molecule has 0 aliphatic rings. The van der Waals surface area contributed by atoms with Crippen molar-refractivity contribution in [2.75, 3.05) is 11.9 Å². The van der Waals surface area contributed by atoms with Crippen LogP contribution in [0.25, 0.3) is 0 Å². The van der Waals surface area contributed by atoms with Crippen LogP contribution < -0.4 is 15.4 Å². The third-order valence-corrected chi connectivity index (χ3v) is 3.15. The Bertz CT molecular complexity index is 579. The maximum atomic E-state index is 5.78. The first-order valence-corrected chi connectivity index (χ1v) is 7.47. The average molecular weight is 300 g/mol. The summed E-state index contributed by atoms with van der Waals surface area (Å²) >= 11 is 5.20. The highest BCUT2D eigenvalue weighted by atomic mass is 32.1. The summed E-state index contributed by atoms with van der Waals surface area (Å²) in [6, 6.07) is 15.7. The molecule has 2 aromatic carbocycles. The van der Waals surface area contributed by atoms with Crippen molar-refractivity contribution < 1.29 is 4.74 Å². The van der Waals surface area contributed by atoms with Crippen molar-refractivity contribution in [3.63, 3.8) is 0 Å². The highest BCUT2D eigenvalue weighted by Crippen LogP contribution is 2.23. The third kappa shape index (κ3) is 5.08. The minimum atomic E-state index is 0.643. The lowest BCUT2D eigenvalue weighted by molar-refractivity contribution is 0.482. The highest BCUT2D eigenvalue weighted by molar-refractivity contribution is 7.80. The largest absolute Gasteiger partial charge is 0.457 e. The third-order valence-electron chi connectivity index (χ3n) is 2.90. The van der Waals surface area contributed by atoms with Crippen LogP contribution >= 0.6 is 12.2 Å². The molecule has 2 N–H and O–H groups in total. The topological polar surface area (TPSA) is 33.3 Å². The lowest BCUT2D eigenvalue weighted by Gasteiger charge is -2.10. The van der Waals surface area contributed by atoms with Crippen molar-refractivity contribution in [2.45, 2.75) is 20.3 Å². The van der Waals surface area contributed by atoms with Gasteiger partial charge in [0.05, 0.1) is 0 Å². The van der Waals surface area contributed by atoms with E-state index >= 15 is 0 Å². The number of aryl methyl sites for hydroxylation is 1. The summed E-state index contributed by atoms with van der Waals surface area (Å²) in [5.74, 6) is 1.64. The van der Waals surface area contributed by atoms with Gasteiger partial charge in [0.2, 0.25) is 0 Å². The fourth-order valence-electron chi connectivity index (χ4n) is 1.76. The molecule has 0 fully saturated rings. The summed E-state index contributed by atoms with van der Waals surface area (Å²) in [5.41, 5.74) is 2.16. The van der Waals surface area contributed by atoms with E-state index in [-0.39, 0.29) is 0 Å². The van der Waals surface area contributed by atoms with E-state index in [1.807, 2.05) is 48.5 Å². The molecule has 0 saturated carbocycles. The summed E-state index contributed by atoms with van der Waals surface area (Å²) in [6.07, 6.45) is 1.05. The van der Waals surface area contributed by atoms with Crippen molar-refractivity contribution in [3.05, 3.63) is 54.1 Å². The Hall–Kier alpha value is -2.07. The molecule has 0 saturated heterocycles. The molecule has 0 heterocycles. The molecule has 0 atom stereocenters. The number of hydrogen-bond donors (Lipinski definition) is 2. The van der Waals surface area contributed by atoms with Gasteiger partial charge in [-0.3, -0.25) is 0 Å². The maximum absolute atomic E-state index is 5.78. The van der Waals surface area contributed by atoms with Crippen LogP contribution in [0, 0.1) is 6.92 Å². The van der Waals surface area contributed by atoms with E-state index in [0.717, 1.165) is 30.2 Å². The zero-order chi connectivity index (χ0) is 15.1. The van der Waals surface area contributed by atoms with Gasteiger partial charge < -0.3 is 15.4 Å². The molecular formula is C17H20N2OS. The molecule has 0 aliphatic carbocycles. The molecule has 110 valence electrons. The smallest absolute Gasteiger partial charge is 0.170 e. The number of rotatable bonds is 5. The van der Waals surface area contributed by atoms with Crippen LogP contribution in [0.3, 0.4) is 0 Å². The fourth-order valence-corrected chi connectivity index (χ4v) is 1.98. The Labute approximate surface area is 131 Å². The Kier molecular flexibility index (Phi) is 5.58. The van der Waals surface area contributed by atoms with Crippen LogP contribution in [-0.2, 0) is 0 Å². The van der Waals surface area contributed by atoms with E-state index < -0.39 is 0 Å². The Morgan fingerprint density at radius 1 is 1.00 bits per heavy atom. The first-order valence-electron chi connectivity index (χ1n) is 7.07. The van der Waals surface area contributed by atoms with Gasteiger partial charge in [-0.1, -0.05) is 24.6 Å². The van der Waals surface area contributed by atoms with E-state index in [0.29, 0.717) is 5.11 Å². The second kappa shape index (κ2) is 7.64. The Morgan fingerprint density at radius 3 is 2.14 bits per heavy atom. The number of ether oxygens (including phenoxy) is 1. The SMILES string of the molecule is CCCNC(=S)Nc1ccc(Oc2ccc(C)cc2)cc1. The van der Waals surface area contributed by atoms with Crippen LogP contribution in [0.15, 0.2) is 48.5 Å². The summed E-state index contributed by atoms with van der Waals surface area (Å²) in [4.78, 5) is 0. The molecule has 0 amide bonds. The van der Waals surface area contributed by atoms with Gasteiger partial charge in [-0.05, 0) is 62.0 Å². The van der Waals surface area contributed by atoms with Crippen LogP contribution in [0.4, 0.5) is 5.69 Å². The van der Waals surface area contributed by atoms with Gasteiger partial charge >= 0.3 is 0 Å². The lowest BCUT2D eigenvalue weighted by Crippen LogP contribution is -2.28. The predicted molar refractivity (Wildman–Crippen MR) is 92.2 cm³/mol. The van der Waals surface area contributed by atoms with E-state index in [1.165, 1.54) is 5.56 Å². The van der Waals surface area contributed by atoms with Crippen LogP contribution in [-0.4, -0.2) is 11.7 Å². The molecule has 0 radical (unpaired) electrons. The van der Waals surface area contributed by atoms with Gasteiger partial charge in [-0.25, -0.2) is 0 Å². The predicted octanol–water partition coefficient (Wildman–Crippen LogP) is 4.48. The van der Waals surface area contributed by atoms with Gasteiger partial charge in [0.25, 0.3) is 0 Å². The van der Waals surface area contributed by atoms with E-state index in [2.05, 4.69) is 24.5 Å². The van der Waals surface area contributed by atoms with E-state index in [9.17, 15) is 0 Å². The Balaban J connectivity index is 1.92. The van der Waals surface area contributed by atoms with Crippen molar-refractivity contribution in [1.82, 2.24) is 5.32 Å². The molecule has 2 rings (SSSR count). The molecule has 2 aromatic rings. The standard InChI is InChI=1S/C17H20N2OS/c1-3-12-18-17(21)19-14-6-10-16(11-7-14)20-15-8-4-13(2)5-9-15/h4-11H,3,12H2,1-2H3,(H2,18,19,21). The molecule has 0 aliphatic heterocycles. The van der Waals surface area contributed by atoms with Crippen LogP contribution in [0.1, 0.15) is 18.9 Å². The summed E-state index contributed by atoms with van der Waals surface area (Å²) in [5, 5.41) is 6.91. The molecule has 0 aromatic heterocycles. The van der Waals surface area contributed by atoms with E-state index in [1.54, 1.807) is 0 Å². The normalized spacial score (nSPS) is 10.0. The molecule has 0 unspecified atom stereocenters. The highest BCUT2D eigenvalue weighted by Gasteiger charge is 1.99. The van der Waals surface area contributed by atoms with Crippen molar-refractivity contribution in [3.8, 4) is 11.5 Å². The molecule has 4 heteroatoms. The Morgan fingerprint density at radius 2 is 1.57 bits per heavy atom. The minimum absolute atomic E-state index is 0.643. The van der Waals surface area contributed by atoms with Crippen molar-refractivity contribution in [1.29, 1.82) is 0 Å². The number of hydrogen-bond acceptors (Lipinski definition) is 2. The van der Waals surface area contributed by atoms with Crippen LogP contribution in [0.2, 0.25) is 0 Å². The maximum Gasteiger partial charge on any atom is 0.170 e. The zero-order valence-electron chi connectivity index (χ0n) is 12.3. The zero-order valence-corrected chi connectivity index (χ0v) is 13.2. The van der Waals surface area contributed by atoms with Crippen molar-refractivity contribution in [2.24, 2.45) is 0 Å². The first-order chi connectivity index (χ1) is 10.2. The van der Waals surface area contributed by atoms with Gasteiger partial charge in [0.15, 0.2) is 5.11 Å². The van der Waals surface area contributed by atoms with E-state index in [4.69, 9.17) is 17.0 Å². The summed E-state index contributed by atoms with van der Waals surface area (Å²) in [7, 11) is 0. The first kappa shape index (κ1) is 15.3. The minimum Gasteiger partial charge on any atom is -0.457 e. The van der Waals surface area contributed by atoms with Gasteiger partial charge in [-0.2, -0.15) is 0 Å². The number of thiocarbonyl (C=S) groups is 1. The average Bonchev–Trinajstić information content (AvgIpc) is 2.49. The monoisotopic (exact) mass is 300 g/mol. The fraction of sp³-hybridized carbons (Fsp3) is 0.235. The molecule has 21 heavy (non-hydrogen) atoms. The van der Waals surface area contributed by atoms with Gasteiger partial charge in [0.1, 0.15) is 11.5 Å². The van der Waals surface area contributed by atoms with Crippen LogP contribution in [0.5, 0.6) is 11.5 Å². The quantitative estimate of drug-likeness (QED) is 0.797. The van der Waals surface area contributed by atoms with Crippen molar-refractivity contribution >= 4 is 23.0 Å². The van der Waals surface area contributed by atoms with Gasteiger partial charge in [0, 0.05) is 12.2 Å². The molecule has 0 spiro atoms. The summed E-state index contributed by atoms with van der Waals surface area (Å²) in [6.45, 7) is 5.03. The molecule has 3 nitrogen and oxygen atoms in total. The lowest BCUT2D eigenvalue weighted by atomic mass is 10.2. The number of nitrogens with one attached hydrogen (secondary N) is 2. The number of anilines is 1. The number of benzene rings is 2. The van der Waals surface area contributed by atoms with Gasteiger partial charge in [-0.15, -0.1) is 0 Å². The second-order valence-corrected chi connectivity index (χ2v) is 5.23. The molecular weight excluding hydrogens is 280 g/mol. The second-order valence-electron chi connectivity index (χ2n) is 4.82. The summed E-state index contributed by atoms with van der Waals surface area (Å²) < 4.78 is 5.78.